The van der Waals surface area contributed by atoms with Crippen LogP contribution >= 0.6 is 27.5 Å². The molecule has 1 aromatic heterocycles. The van der Waals surface area contributed by atoms with Gasteiger partial charge in [-0.1, -0.05) is 51.8 Å². The summed E-state index contributed by atoms with van der Waals surface area (Å²) in [5, 5.41) is 8.37. The van der Waals surface area contributed by atoms with Crippen molar-refractivity contribution in [1.29, 1.82) is 0 Å². The lowest BCUT2D eigenvalue weighted by atomic mass is 10.0. The van der Waals surface area contributed by atoms with E-state index in [2.05, 4.69) is 49.5 Å². The van der Waals surface area contributed by atoms with Crippen molar-refractivity contribution in [3.63, 3.8) is 0 Å². The summed E-state index contributed by atoms with van der Waals surface area (Å²) in [4.78, 5) is 4.31. The maximum absolute atomic E-state index is 6.15. The monoisotopic (exact) mass is 386 g/mol. The number of aromatic nitrogens is 3. The molecule has 2 aromatic carbocycles. The fraction of sp³-hybridized carbons (Fsp3) is 0.0588. The SMILES string of the molecule is Clc1cccc(C2C=C(c3ccc(Br)cc3)Nc3ncnn32)c1. The van der Waals surface area contributed by atoms with Gasteiger partial charge in [0.1, 0.15) is 12.4 Å². The Morgan fingerprint density at radius 2 is 1.96 bits per heavy atom. The fourth-order valence-electron chi connectivity index (χ4n) is 2.66. The van der Waals surface area contributed by atoms with Gasteiger partial charge in [-0.2, -0.15) is 10.1 Å². The van der Waals surface area contributed by atoms with E-state index < -0.39 is 0 Å². The van der Waals surface area contributed by atoms with Crippen molar-refractivity contribution in [2.45, 2.75) is 6.04 Å². The van der Waals surface area contributed by atoms with Crippen LogP contribution in [0.5, 0.6) is 0 Å². The maximum Gasteiger partial charge on any atom is 0.226 e. The standard InChI is InChI=1S/C17H12BrClN4/c18-13-6-4-11(5-7-13)15-9-16(12-2-1-3-14(19)8-12)23-17(22-15)20-10-21-23/h1-10,16H,(H,20,21,22). The molecule has 0 bridgehead atoms. The number of hydrogen-bond donors (Lipinski definition) is 1. The molecule has 0 spiro atoms. The lowest BCUT2D eigenvalue weighted by molar-refractivity contribution is 0.612. The highest BCUT2D eigenvalue weighted by atomic mass is 79.9. The van der Waals surface area contributed by atoms with E-state index in [1.807, 2.05) is 41.1 Å². The second-order valence-corrected chi connectivity index (χ2v) is 6.59. The molecular weight excluding hydrogens is 376 g/mol. The highest BCUT2D eigenvalue weighted by Gasteiger charge is 2.23. The molecule has 1 aliphatic heterocycles. The number of hydrogen-bond acceptors (Lipinski definition) is 3. The van der Waals surface area contributed by atoms with Gasteiger partial charge in [0.05, 0.1) is 0 Å². The Hall–Kier alpha value is -2.11. The quantitative estimate of drug-likeness (QED) is 0.690. The van der Waals surface area contributed by atoms with E-state index in [9.17, 15) is 0 Å². The van der Waals surface area contributed by atoms with Crippen LogP contribution in [0.15, 0.2) is 65.4 Å². The van der Waals surface area contributed by atoms with Gasteiger partial charge in [-0.15, -0.1) is 0 Å². The molecule has 6 heteroatoms. The van der Waals surface area contributed by atoms with E-state index in [1.54, 1.807) is 6.33 Å². The summed E-state index contributed by atoms with van der Waals surface area (Å²) in [6, 6.07) is 15.9. The summed E-state index contributed by atoms with van der Waals surface area (Å²) >= 11 is 9.61. The predicted octanol–water partition coefficient (Wildman–Crippen LogP) is 4.75. The van der Waals surface area contributed by atoms with Crippen molar-refractivity contribution < 1.29 is 0 Å². The largest absolute Gasteiger partial charge is 0.324 e. The average molecular weight is 388 g/mol. The number of anilines is 1. The van der Waals surface area contributed by atoms with Crippen LogP contribution in [-0.4, -0.2) is 14.8 Å². The van der Waals surface area contributed by atoms with Crippen molar-refractivity contribution in [3.05, 3.63) is 81.6 Å². The van der Waals surface area contributed by atoms with Crippen LogP contribution in [0.25, 0.3) is 5.70 Å². The normalized spacial score (nSPS) is 16.4. The average Bonchev–Trinajstić information content (AvgIpc) is 3.03. The molecule has 3 aromatic rings. The topological polar surface area (TPSA) is 42.7 Å². The highest BCUT2D eigenvalue weighted by Crippen LogP contribution is 2.32. The highest BCUT2D eigenvalue weighted by molar-refractivity contribution is 9.10. The Balaban J connectivity index is 1.81. The van der Waals surface area contributed by atoms with Crippen molar-refractivity contribution in [3.8, 4) is 0 Å². The molecule has 1 N–H and O–H groups in total. The first-order valence-electron chi connectivity index (χ1n) is 7.10. The van der Waals surface area contributed by atoms with Crippen LogP contribution in [-0.2, 0) is 0 Å². The minimum absolute atomic E-state index is 0.0499. The van der Waals surface area contributed by atoms with Crippen molar-refractivity contribution in [1.82, 2.24) is 14.8 Å². The van der Waals surface area contributed by atoms with E-state index in [4.69, 9.17) is 11.6 Å². The minimum atomic E-state index is -0.0499. The molecule has 1 aliphatic rings. The van der Waals surface area contributed by atoms with Crippen LogP contribution in [0.2, 0.25) is 5.02 Å². The third-order valence-electron chi connectivity index (χ3n) is 3.75. The molecular formula is C17H12BrClN4. The lowest BCUT2D eigenvalue weighted by Crippen LogP contribution is -2.20. The predicted molar refractivity (Wildman–Crippen MR) is 95.4 cm³/mol. The Labute approximate surface area is 146 Å². The van der Waals surface area contributed by atoms with Crippen LogP contribution < -0.4 is 5.32 Å². The third kappa shape index (κ3) is 2.78. The van der Waals surface area contributed by atoms with Crippen LogP contribution in [0.1, 0.15) is 17.2 Å². The molecule has 1 atom stereocenters. The Morgan fingerprint density at radius 3 is 2.74 bits per heavy atom. The summed E-state index contributed by atoms with van der Waals surface area (Å²) in [5.74, 6) is 0.718. The van der Waals surface area contributed by atoms with E-state index in [1.165, 1.54) is 0 Å². The van der Waals surface area contributed by atoms with E-state index in [0.29, 0.717) is 5.02 Å². The van der Waals surface area contributed by atoms with Gasteiger partial charge in [0.25, 0.3) is 0 Å². The third-order valence-corrected chi connectivity index (χ3v) is 4.52. The van der Waals surface area contributed by atoms with Gasteiger partial charge in [0, 0.05) is 15.2 Å². The zero-order valence-electron chi connectivity index (χ0n) is 11.9. The van der Waals surface area contributed by atoms with Gasteiger partial charge >= 0.3 is 0 Å². The van der Waals surface area contributed by atoms with Crippen LogP contribution in [0, 0.1) is 0 Å². The molecule has 0 fully saturated rings. The smallest absolute Gasteiger partial charge is 0.226 e. The molecule has 114 valence electrons. The number of fused-ring (bicyclic) bond motifs is 1. The zero-order valence-corrected chi connectivity index (χ0v) is 14.3. The summed E-state index contributed by atoms with van der Waals surface area (Å²) in [7, 11) is 0. The minimum Gasteiger partial charge on any atom is -0.324 e. The Bertz CT molecular complexity index is 886. The van der Waals surface area contributed by atoms with Gasteiger partial charge in [0.2, 0.25) is 5.95 Å². The van der Waals surface area contributed by atoms with Crippen molar-refractivity contribution >= 4 is 39.2 Å². The van der Waals surface area contributed by atoms with Crippen molar-refractivity contribution in [2.75, 3.05) is 5.32 Å². The van der Waals surface area contributed by atoms with Gasteiger partial charge in [0.15, 0.2) is 0 Å². The summed E-state index contributed by atoms with van der Waals surface area (Å²) in [6.07, 6.45) is 3.69. The first-order valence-corrected chi connectivity index (χ1v) is 8.27. The summed E-state index contributed by atoms with van der Waals surface area (Å²) in [6.45, 7) is 0. The van der Waals surface area contributed by atoms with E-state index >= 15 is 0 Å². The number of benzene rings is 2. The second kappa shape index (κ2) is 5.83. The molecule has 0 saturated carbocycles. The molecule has 0 amide bonds. The summed E-state index contributed by atoms with van der Waals surface area (Å²) in [5.41, 5.74) is 3.16. The molecule has 0 aliphatic carbocycles. The van der Waals surface area contributed by atoms with Crippen LogP contribution in [0.3, 0.4) is 0 Å². The molecule has 0 radical (unpaired) electrons. The number of allylic oxidation sites excluding steroid dienone is 1. The summed E-state index contributed by atoms with van der Waals surface area (Å²) < 4.78 is 2.90. The number of halogens is 2. The van der Waals surface area contributed by atoms with Gasteiger partial charge in [-0.25, -0.2) is 4.68 Å². The number of nitrogens with zero attached hydrogens (tertiary/aromatic N) is 3. The first-order chi connectivity index (χ1) is 11.2. The Morgan fingerprint density at radius 1 is 1.13 bits per heavy atom. The number of rotatable bonds is 2. The van der Waals surface area contributed by atoms with Gasteiger partial charge in [-0.05, 0) is 41.5 Å². The van der Waals surface area contributed by atoms with Gasteiger partial charge < -0.3 is 5.32 Å². The van der Waals surface area contributed by atoms with Crippen LogP contribution in [0.4, 0.5) is 5.95 Å². The first kappa shape index (κ1) is 14.5. The zero-order chi connectivity index (χ0) is 15.8. The molecule has 4 nitrogen and oxygen atoms in total. The second-order valence-electron chi connectivity index (χ2n) is 5.24. The van der Waals surface area contributed by atoms with Crippen molar-refractivity contribution in [2.24, 2.45) is 0 Å². The molecule has 23 heavy (non-hydrogen) atoms. The van der Waals surface area contributed by atoms with E-state index in [-0.39, 0.29) is 6.04 Å². The molecule has 1 unspecified atom stereocenters. The van der Waals surface area contributed by atoms with E-state index in [0.717, 1.165) is 27.2 Å². The fourth-order valence-corrected chi connectivity index (χ4v) is 3.12. The molecule has 0 saturated heterocycles. The molecule has 2 heterocycles. The Kier molecular flexibility index (Phi) is 3.67. The lowest BCUT2D eigenvalue weighted by Gasteiger charge is -2.24. The molecule has 4 rings (SSSR count). The number of nitrogens with one attached hydrogen (secondary N) is 1. The maximum atomic E-state index is 6.15. The van der Waals surface area contributed by atoms with Gasteiger partial charge in [-0.3, -0.25) is 0 Å².